The van der Waals surface area contributed by atoms with Crippen LogP contribution in [0.1, 0.15) is 62.1 Å². The molecule has 0 unspecified atom stereocenters. The van der Waals surface area contributed by atoms with Crippen molar-refractivity contribution in [2.45, 2.75) is 57.4 Å². The second kappa shape index (κ2) is 9.01. The maximum absolute atomic E-state index is 13.2. The standard InChI is InChI=1S/C29H30ClNO3S/c1-2-34-25-8-5-23(29-14-19-9-20(15-29)11-21(10-19)16-29)12-22(25)13-26-27(32)31(28(33)35-26)17-18-3-6-24(30)7-4-18/h3-8,12-13,19-21H,2,9-11,14-17H2,1H3/b26-13+. The highest BCUT2D eigenvalue weighted by Crippen LogP contribution is 2.61. The Morgan fingerprint density at radius 3 is 2.31 bits per heavy atom. The van der Waals surface area contributed by atoms with Crippen molar-refractivity contribution in [2.75, 3.05) is 6.61 Å². The molecule has 5 aliphatic rings. The molecule has 0 aromatic heterocycles. The molecule has 7 rings (SSSR count). The minimum atomic E-state index is -0.252. The fourth-order valence-electron chi connectivity index (χ4n) is 7.29. The Labute approximate surface area is 216 Å². The first-order chi connectivity index (χ1) is 16.9. The van der Waals surface area contributed by atoms with Crippen molar-refractivity contribution < 1.29 is 14.3 Å². The molecule has 4 nitrogen and oxygen atoms in total. The zero-order chi connectivity index (χ0) is 24.2. The lowest BCUT2D eigenvalue weighted by atomic mass is 9.48. The van der Waals surface area contributed by atoms with Gasteiger partial charge in [-0.2, -0.15) is 0 Å². The number of thioether (sulfide) groups is 1. The van der Waals surface area contributed by atoms with Crippen molar-refractivity contribution in [3.05, 3.63) is 69.1 Å². The lowest BCUT2D eigenvalue weighted by Gasteiger charge is -2.57. The molecule has 1 heterocycles. The number of benzene rings is 2. The number of carbonyl (C=O) groups excluding carboxylic acids is 2. The van der Waals surface area contributed by atoms with E-state index in [1.54, 1.807) is 12.1 Å². The zero-order valence-electron chi connectivity index (χ0n) is 20.0. The second-order valence-corrected chi connectivity index (χ2v) is 12.2. The fourth-order valence-corrected chi connectivity index (χ4v) is 8.25. The summed E-state index contributed by atoms with van der Waals surface area (Å²) in [5.41, 5.74) is 3.41. The number of halogens is 1. The molecule has 2 aromatic carbocycles. The van der Waals surface area contributed by atoms with Gasteiger partial charge in [-0.1, -0.05) is 29.8 Å². The van der Waals surface area contributed by atoms with E-state index in [-0.39, 0.29) is 23.1 Å². The van der Waals surface area contributed by atoms with Crippen LogP contribution in [0.2, 0.25) is 5.02 Å². The molecule has 1 aliphatic heterocycles. The normalized spacial score (nSPS) is 30.5. The molecular weight excluding hydrogens is 478 g/mol. The number of amides is 2. The lowest BCUT2D eigenvalue weighted by molar-refractivity contribution is -0.123. The molecular formula is C29H30ClNO3S. The van der Waals surface area contributed by atoms with E-state index in [0.717, 1.165) is 46.4 Å². The average molecular weight is 508 g/mol. The predicted octanol–water partition coefficient (Wildman–Crippen LogP) is 7.44. The third-order valence-corrected chi connectivity index (χ3v) is 9.53. The molecule has 0 atom stereocenters. The van der Waals surface area contributed by atoms with Gasteiger partial charge in [-0.3, -0.25) is 14.5 Å². The summed E-state index contributed by atoms with van der Waals surface area (Å²) >= 11 is 6.99. The minimum absolute atomic E-state index is 0.241. The predicted molar refractivity (Wildman–Crippen MR) is 140 cm³/mol. The van der Waals surface area contributed by atoms with Gasteiger partial charge in [0, 0.05) is 10.6 Å². The van der Waals surface area contributed by atoms with Crippen molar-refractivity contribution in [1.82, 2.24) is 4.90 Å². The Bertz CT molecular complexity index is 1170. The van der Waals surface area contributed by atoms with Crippen molar-refractivity contribution >= 4 is 40.6 Å². The summed E-state index contributed by atoms with van der Waals surface area (Å²) in [5.74, 6) is 3.10. The van der Waals surface area contributed by atoms with E-state index in [0.29, 0.717) is 16.5 Å². The second-order valence-electron chi connectivity index (χ2n) is 10.8. The molecule has 35 heavy (non-hydrogen) atoms. The third-order valence-electron chi connectivity index (χ3n) is 8.37. The molecule has 1 saturated heterocycles. The van der Waals surface area contributed by atoms with E-state index in [2.05, 4.69) is 18.2 Å². The van der Waals surface area contributed by atoms with Crippen LogP contribution in [0.3, 0.4) is 0 Å². The zero-order valence-corrected chi connectivity index (χ0v) is 21.5. The molecule has 0 N–H and O–H groups in total. The number of hydrogen-bond donors (Lipinski definition) is 0. The Balaban J connectivity index is 1.31. The summed E-state index contributed by atoms with van der Waals surface area (Å²) in [4.78, 5) is 27.7. The largest absolute Gasteiger partial charge is 0.493 e. The van der Waals surface area contributed by atoms with Gasteiger partial charge >= 0.3 is 0 Å². The van der Waals surface area contributed by atoms with Crippen molar-refractivity contribution in [3.63, 3.8) is 0 Å². The van der Waals surface area contributed by atoms with Gasteiger partial charge in [0.2, 0.25) is 0 Å². The SMILES string of the molecule is CCOc1ccc(C23CC4CC(CC(C4)C2)C3)cc1/C=C1/SC(=O)N(Cc2ccc(Cl)cc2)C1=O. The van der Waals surface area contributed by atoms with E-state index >= 15 is 0 Å². The molecule has 6 heteroatoms. The van der Waals surface area contributed by atoms with E-state index in [9.17, 15) is 9.59 Å². The van der Waals surface area contributed by atoms with Gasteiger partial charge in [-0.25, -0.2) is 0 Å². The van der Waals surface area contributed by atoms with Gasteiger partial charge in [0.1, 0.15) is 5.75 Å². The van der Waals surface area contributed by atoms with Gasteiger partial charge in [-0.05, 0) is 122 Å². The van der Waals surface area contributed by atoms with Crippen molar-refractivity contribution in [1.29, 1.82) is 0 Å². The van der Waals surface area contributed by atoms with Crippen LogP contribution in [-0.2, 0) is 16.8 Å². The molecule has 0 spiro atoms. The van der Waals surface area contributed by atoms with Crippen LogP contribution >= 0.6 is 23.4 Å². The van der Waals surface area contributed by atoms with Crippen LogP contribution in [0, 0.1) is 17.8 Å². The summed E-state index contributed by atoms with van der Waals surface area (Å²) in [6.45, 7) is 2.76. The van der Waals surface area contributed by atoms with Gasteiger partial charge in [0.25, 0.3) is 11.1 Å². The number of ether oxygens (including phenoxy) is 1. The third kappa shape index (κ3) is 4.31. The highest BCUT2D eigenvalue weighted by atomic mass is 35.5. The molecule has 2 aromatic rings. The lowest BCUT2D eigenvalue weighted by Crippen LogP contribution is -2.48. The van der Waals surface area contributed by atoms with E-state index in [4.69, 9.17) is 16.3 Å². The smallest absolute Gasteiger partial charge is 0.293 e. The molecule has 182 valence electrons. The summed E-state index contributed by atoms with van der Waals surface area (Å²) in [5, 5.41) is 0.386. The van der Waals surface area contributed by atoms with E-state index in [1.165, 1.54) is 49.0 Å². The van der Waals surface area contributed by atoms with Crippen LogP contribution in [0.5, 0.6) is 5.75 Å². The van der Waals surface area contributed by atoms with Crippen LogP contribution in [0.25, 0.3) is 6.08 Å². The molecule has 2 amide bonds. The summed E-state index contributed by atoms with van der Waals surface area (Å²) in [7, 11) is 0. The molecule has 5 fully saturated rings. The van der Waals surface area contributed by atoms with Gasteiger partial charge < -0.3 is 4.74 Å². The van der Waals surface area contributed by atoms with Crippen LogP contribution in [-0.4, -0.2) is 22.7 Å². The van der Waals surface area contributed by atoms with Crippen LogP contribution < -0.4 is 4.74 Å². The van der Waals surface area contributed by atoms with Gasteiger partial charge in [-0.15, -0.1) is 0 Å². The average Bonchev–Trinajstić information content (AvgIpc) is 3.08. The summed E-state index contributed by atoms with van der Waals surface area (Å²) < 4.78 is 5.94. The Kier molecular flexibility index (Phi) is 5.96. The Morgan fingerprint density at radius 1 is 1.03 bits per heavy atom. The first-order valence-corrected chi connectivity index (χ1v) is 13.9. The number of rotatable bonds is 6. The van der Waals surface area contributed by atoms with Crippen LogP contribution in [0.4, 0.5) is 4.79 Å². The monoisotopic (exact) mass is 507 g/mol. The van der Waals surface area contributed by atoms with Crippen LogP contribution in [0.15, 0.2) is 47.4 Å². The summed E-state index contributed by atoms with van der Waals surface area (Å²) in [6, 6.07) is 13.8. The molecule has 0 radical (unpaired) electrons. The number of hydrogen-bond acceptors (Lipinski definition) is 4. The Hall–Kier alpha value is -2.24. The van der Waals surface area contributed by atoms with Gasteiger partial charge in [0.05, 0.1) is 18.1 Å². The molecule has 4 saturated carbocycles. The molecule has 4 aliphatic carbocycles. The maximum atomic E-state index is 13.2. The van der Waals surface area contributed by atoms with Crippen molar-refractivity contribution in [3.8, 4) is 5.75 Å². The fraction of sp³-hybridized carbons (Fsp3) is 0.448. The first kappa shape index (κ1) is 23.2. The summed E-state index contributed by atoms with van der Waals surface area (Å²) in [6.07, 6.45) is 9.93. The highest BCUT2D eigenvalue weighted by molar-refractivity contribution is 8.18. The van der Waals surface area contributed by atoms with Crippen molar-refractivity contribution in [2.24, 2.45) is 17.8 Å². The maximum Gasteiger partial charge on any atom is 0.293 e. The quantitative estimate of drug-likeness (QED) is 0.381. The highest BCUT2D eigenvalue weighted by Gasteiger charge is 2.51. The Morgan fingerprint density at radius 2 is 1.69 bits per heavy atom. The van der Waals surface area contributed by atoms with Gasteiger partial charge in [0.15, 0.2) is 0 Å². The molecule has 4 bridgehead atoms. The minimum Gasteiger partial charge on any atom is -0.493 e. The van der Waals surface area contributed by atoms with E-state index in [1.807, 2.05) is 25.1 Å². The topological polar surface area (TPSA) is 46.6 Å². The first-order valence-electron chi connectivity index (χ1n) is 12.7. The van der Waals surface area contributed by atoms with E-state index < -0.39 is 0 Å². The number of nitrogens with zero attached hydrogens (tertiary/aromatic N) is 1. The number of imide groups is 1. The number of carbonyl (C=O) groups is 2.